The summed E-state index contributed by atoms with van der Waals surface area (Å²) in [6.45, 7) is 2.37. The Kier molecular flexibility index (Phi) is 6.73. The molecule has 3 heteroatoms. The van der Waals surface area contributed by atoms with Gasteiger partial charge in [0.05, 0.1) is 6.54 Å². The summed E-state index contributed by atoms with van der Waals surface area (Å²) in [6.07, 6.45) is 13.2. The fourth-order valence-electron chi connectivity index (χ4n) is 2.22. The molecule has 2 N–H and O–H groups in total. The highest BCUT2D eigenvalue weighted by molar-refractivity contribution is 5.78. The van der Waals surface area contributed by atoms with Gasteiger partial charge in [0.25, 0.3) is 0 Å². The molecule has 96 valence electrons. The second kappa shape index (κ2) is 8.14. The average Bonchev–Trinajstić information content (AvgIpc) is 2.55. The van der Waals surface area contributed by atoms with Crippen molar-refractivity contribution < 1.29 is 4.79 Å². The number of hydrogen-bond acceptors (Lipinski definition) is 2. The number of carbonyl (C=O) groups excluding carboxylic acids is 1. The minimum atomic E-state index is 0.0979. The predicted molar refractivity (Wildman–Crippen MR) is 70.5 cm³/mol. The Morgan fingerprint density at radius 2 is 2.00 bits per heavy atom. The molecular weight excluding hydrogens is 212 g/mol. The van der Waals surface area contributed by atoms with Crippen molar-refractivity contribution in [2.45, 2.75) is 64.0 Å². The van der Waals surface area contributed by atoms with E-state index in [0.29, 0.717) is 19.0 Å². The molecule has 0 aromatic carbocycles. The van der Waals surface area contributed by atoms with Gasteiger partial charge in [0.15, 0.2) is 0 Å². The Bertz CT molecular complexity index is 262. The van der Waals surface area contributed by atoms with Crippen molar-refractivity contribution in [1.82, 2.24) is 10.6 Å². The number of carbonyl (C=O) groups is 1. The van der Waals surface area contributed by atoms with Crippen molar-refractivity contribution in [3.05, 3.63) is 0 Å². The zero-order valence-corrected chi connectivity index (χ0v) is 10.8. The summed E-state index contributed by atoms with van der Waals surface area (Å²) in [7, 11) is 0. The van der Waals surface area contributed by atoms with E-state index < -0.39 is 0 Å². The highest BCUT2D eigenvalue weighted by Gasteiger charge is 2.14. The minimum absolute atomic E-state index is 0.0979. The van der Waals surface area contributed by atoms with Crippen LogP contribution in [0.3, 0.4) is 0 Å². The van der Waals surface area contributed by atoms with Gasteiger partial charge in [0.1, 0.15) is 0 Å². The van der Waals surface area contributed by atoms with Crippen LogP contribution in [-0.2, 0) is 4.79 Å². The van der Waals surface area contributed by atoms with Crippen molar-refractivity contribution in [1.29, 1.82) is 0 Å². The van der Waals surface area contributed by atoms with E-state index in [9.17, 15) is 4.79 Å². The maximum absolute atomic E-state index is 11.7. The Morgan fingerprint density at radius 1 is 1.35 bits per heavy atom. The largest absolute Gasteiger partial charge is 0.352 e. The first-order chi connectivity index (χ1) is 8.22. The summed E-state index contributed by atoms with van der Waals surface area (Å²) in [5.41, 5.74) is 0. The van der Waals surface area contributed by atoms with E-state index in [-0.39, 0.29) is 11.9 Å². The van der Waals surface area contributed by atoms with E-state index in [2.05, 4.69) is 16.6 Å². The quantitative estimate of drug-likeness (QED) is 0.565. The lowest BCUT2D eigenvalue weighted by Crippen LogP contribution is -2.42. The van der Waals surface area contributed by atoms with Crippen LogP contribution in [0.5, 0.6) is 0 Å². The van der Waals surface area contributed by atoms with Gasteiger partial charge in [-0.15, -0.1) is 12.3 Å². The molecule has 1 fully saturated rings. The number of amides is 1. The maximum Gasteiger partial charge on any atom is 0.234 e. The predicted octanol–water partition coefficient (Wildman–Crippen LogP) is 1.83. The fraction of sp³-hybridized carbons (Fsp3) is 0.786. The van der Waals surface area contributed by atoms with Crippen molar-refractivity contribution in [3.8, 4) is 12.3 Å². The van der Waals surface area contributed by atoms with Gasteiger partial charge in [-0.1, -0.05) is 25.7 Å². The zero-order valence-electron chi connectivity index (χ0n) is 10.8. The molecule has 1 amide bonds. The Labute approximate surface area is 105 Å². The second-order valence-corrected chi connectivity index (χ2v) is 4.95. The fourth-order valence-corrected chi connectivity index (χ4v) is 2.22. The topological polar surface area (TPSA) is 41.1 Å². The molecule has 0 spiro atoms. The van der Waals surface area contributed by atoms with Gasteiger partial charge in [0, 0.05) is 18.5 Å². The van der Waals surface area contributed by atoms with Gasteiger partial charge >= 0.3 is 0 Å². The molecule has 0 bridgehead atoms. The molecule has 0 aromatic heterocycles. The number of terminal acetylenes is 1. The number of nitrogens with one attached hydrogen (secondary N) is 2. The molecule has 17 heavy (non-hydrogen) atoms. The van der Waals surface area contributed by atoms with Gasteiger partial charge in [-0.3, -0.25) is 4.79 Å². The molecule has 1 aliphatic carbocycles. The van der Waals surface area contributed by atoms with Gasteiger partial charge in [0.2, 0.25) is 5.91 Å². The lowest BCUT2D eigenvalue weighted by molar-refractivity contribution is -0.121. The van der Waals surface area contributed by atoms with E-state index in [1.54, 1.807) is 0 Å². The van der Waals surface area contributed by atoms with Crippen LogP contribution in [0, 0.1) is 12.3 Å². The number of rotatable bonds is 5. The molecule has 1 saturated carbocycles. The molecule has 0 aliphatic heterocycles. The molecule has 0 radical (unpaired) electrons. The first kappa shape index (κ1) is 14.1. The standard InChI is InChI=1S/C14H24N2O/c1-3-8-12(2)15-11-14(17)16-13-9-6-4-5-7-10-13/h1,12-13,15H,4-11H2,2H3,(H,16,17). The molecule has 0 aromatic rings. The van der Waals surface area contributed by atoms with Crippen LogP contribution in [0.15, 0.2) is 0 Å². The molecule has 1 atom stereocenters. The molecule has 1 unspecified atom stereocenters. The van der Waals surface area contributed by atoms with Crippen molar-refractivity contribution in [2.24, 2.45) is 0 Å². The Hall–Kier alpha value is -1.01. The molecule has 0 heterocycles. The molecule has 1 aliphatic rings. The summed E-state index contributed by atoms with van der Waals surface area (Å²) in [5.74, 6) is 2.68. The first-order valence-corrected chi connectivity index (χ1v) is 6.68. The van der Waals surface area contributed by atoms with Gasteiger partial charge in [-0.2, -0.15) is 0 Å². The molecule has 0 saturated heterocycles. The summed E-state index contributed by atoms with van der Waals surface area (Å²) < 4.78 is 0. The summed E-state index contributed by atoms with van der Waals surface area (Å²) >= 11 is 0. The van der Waals surface area contributed by atoms with Crippen molar-refractivity contribution in [3.63, 3.8) is 0 Å². The third-order valence-corrected chi connectivity index (χ3v) is 3.26. The lowest BCUT2D eigenvalue weighted by atomic mass is 10.1. The summed E-state index contributed by atoms with van der Waals surface area (Å²) in [5, 5.41) is 6.24. The minimum Gasteiger partial charge on any atom is -0.352 e. The maximum atomic E-state index is 11.7. The SMILES string of the molecule is C#CCC(C)NCC(=O)NC1CCCCCC1. The van der Waals surface area contributed by atoms with Crippen LogP contribution in [0.4, 0.5) is 0 Å². The van der Waals surface area contributed by atoms with Crippen molar-refractivity contribution >= 4 is 5.91 Å². The first-order valence-electron chi connectivity index (χ1n) is 6.68. The molecule has 1 rings (SSSR count). The monoisotopic (exact) mass is 236 g/mol. The Morgan fingerprint density at radius 3 is 2.59 bits per heavy atom. The highest BCUT2D eigenvalue weighted by atomic mass is 16.1. The smallest absolute Gasteiger partial charge is 0.234 e. The average molecular weight is 236 g/mol. The highest BCUT2D eigenvalue weighted by Crippen LogP contribution is 2.16. The van der Waals surface area contributed by atoms with Crippen LogP contribution < -0.4 is 10.6 Å². The third kappa shape index (κ3) is 6.33. The van der Waals surface area contributed by atoms with Crippen molar-refractivity contribution in [2.75, 3.05) is 6.54 Å². The van der Waals surface area contributed by atoms with Crippen LogP contribution in [0.2, 0.25) is 0 Å². The summed E-state index contributed by atoms with van der Waals surface area (Å²) in [4.78, 5) is 11.7. The van der Waals surface area contributed by atoms with Gasteiger partial charge in [-0.25, -0.2) is 0 Å². The van der Waals surface area contributed by atoms with E-state index in [4.69, 9.17) is 6.42 Å². The van der Waals surface area contributed by atoms with Gasteiger partial charge < -0.3 is 10.6 Å². The second-order valence-electron chi connectivity index (χ2n) is 4.95. The molecular formula is C14H24N2O. The van der Waals surface area contributed by atoms with E-state index in [1.165, 1.54) is 25.7 Å². The summed E-state index contributed by atoms with van der Waals surface area (Å²) in [6, 6.07) is 0.592. The zero-order chi connectivity index (χ0) is 12.5. The lowest BCUT2D eigenvalue weighted by Gasteiger charge is -2.17. The third-order valence-electron chi connectivity index (χ3n) is 3.26. The molecule has 3 nitrogen and oxygen atoms in total. The van der Waals surface area contributed by atoms with Crippen LogP contribution >= 0.6 is 0 Å². The van der Waals surface area contributed by atoms with E-state index in [1.807, 2.05) is 6.92 Å². The van der Waals surface area contributed by atoms with Crippen LogP contribution in [-0.4, -0.2) is 24.5 Å². The van der Waals surface area contributed by atoms with E-state index >= 15 is 0 Å². The Balaban J connectivity index is 2.17. The van der Waals surface area contributed by atoms with Gasteiger partial charge in [-0.05, 0) is 19.8 Å². The normalized spacial score (nSPS) is 19.1. The van der Waals surface area contributed by atoms with Crippen LogP contribution in [0.25, 0.3) is 0 Å². The van der Waals surface area contributed by atoms with Crippen LogP contribution in [0.1, 0.15) is 51.9 Å². The van der Waals surface area contributed by atoms with E-state index in [0.717, 1.165) is 12.8 Å². The number of hydrogen-bond donors (Lipinski definition) is 2.